The van der Waals surface area contributed by atoms with Crippen molar-refractivity contribution < 1.29 is 0 Å². The summed E-state index contributed by atoms with van der Waals surface area (Å²) in [6.45, 7) is 4.27. The molecule has 3 nitrogen and oxygen atoms in total. The minimum absolute atomic E-state index is 1.05. The quantitative estimate of drug-likeness (QED) is 0.369. The first-order chi connectivity index (χ1) is 14.9. The summed E-state index contributed by atoms with van der Waals surface area (Å²) in [5, 5.41) is 7.42. The smallest absolute Gasteiger partial charge is 0.0916 e. The van der Waals surface area contributed by atoms with Gasteiger partial charge in [0.1, 0.15) is 0 Å². The van der Waals surface area contributed by atoms with Gasteiger partial charge in [-0.3, -0.25) is 4.98 Å². The highest BCUT2D eigenvalue weighted by Gasteiger charge is 2.14. The summed E-state index contributed by atoms with van der Waals surface area (Å²) in [4.78, 5) is 8.52. The lowest BCUT2D eigenvalue weighted by Crippen LogP contribution is -2.43. The van der Waals surface area contributed by atoms with Crippen LogP contribution >= 0.6 is 22.7 Å². The summed E-state index contributed by atoms with van der Waals surface area (Å²) in [6.07, 6.45) is 2.03. The second-order valence-electron chi connectivity index (χ2n) is 7.59. The number of thiophene rings is 2. The SMILES string of the molecule is c1ccc2c(c1)sc1c(-c3ccc(-c4ccc(N5CCNCC5)s4)nc3)cccc12. The Bertz CT molecular complexity index is 1330. The molecule has 1 saturated heterocycles. The van der Waals surface area contributed by atoms with Crippen LogP contribution < -0.4 is 10.2 Å². The summed E-state index contributed by atoms with van der Waals surface area (Å²) in [6, 6.07) is 24.1. The Hall–Kier alpha value is -2.73. The first-order valence-electron chi connectivity index (χ1n) is 10.3. The van der Waals surface area contributed by atoms with Crippen molar-refractivity contribution in [3.05, 3.63) is 72.9 Å². The molecule has 1 fully saturated rings. The predicted molar refractivity (Wildman–Crippen MR) is 131 cm³/mol. The first-order valence-corrected chi connectivity index (χ1v) is 11.9. The monoisotopic (exact) mass is 427 g/mol. The van der Waals surface area contributed by atoms with Crippen LogP contribution in [0.3, 0.4) is 0 Å². The molecule has 0 atom stereocenters. The number of benzene rings is 2. The third kappa shape index (κ3) is 3.10. The van der Waals surface area contributed by atoms with E-state index in [2.05, 4.69) is 76.9 Å². The fraction of sp³-hybridized carbons (Fsp3) is 0.160. The van der Waals surface area contributed by atoms with E-state index in [4.69, 9.17) is 4.98 Å². The molecule has 0 radical (unpaired) electrons. The maximum Gasteiger partial charge on any atom is 0.0916 e. The Labute approximate surface area is 183 Å². The zero-order valence-corrected chi connectivity index (χ0v) is 18.1. The molecule has 3 aromatic heterocycles. The van der Waals surface area contributed by atoms with Crippen molar-refractivity contribution in [3.63, 3.8) is 0 Å². The molecule has 1 aliphatic heterocycles. The van der Waals surface area contributed by atoms with Crippen molar-refractivity contribution >= 4 is 47.8 Å². The average molecular weight is 428 g/mol. The molecule has 1 aliphatic rings. The Morgan fingerprint density at radius 1 is 0.800 bits per heavy atom. The van der Waals surface area contributed by atoms with Crippen LogP contribution in [0, 0.1) is 0 Å². The standard InChI is InChI=1S/C25H21N3S2/c1-2-7-22-19(4-1)20-6-3-5-18(25(20)30-22)17-8-9-21(27-16-17)23-10-11-24(29-23)28-14-12-26-13-15-28/h1-11,16,26H,12-15H2. The fourth-order valence-corrected chi connectivity index (χ4v) is 6.47. The highest BCUT2D eigenvalue weighted by molar-refractivity contribution is 7.26. The molecule has 5 aromatic rings. The van der Waals surface area contributed by atoms with Gasteiger partial charge in [-0.2, -0.15) is 0 Å². The largest absolute Gasteiger partial charge is 0.361 e. The summed E-state index contributed by atoms with van der Waals surface area (Å²) in [5.74, 6) is 0. The van der Waals surface area contributed by atoms with E-state index >= 15 is 0 Å². The van der Waals surface area contributed by atoms with Crippen molar-refractivity contribution in [2.75, 3.05) is 31.1 Å². The topological polar surface area (TPSA) is 28.2 Å². The van der Waals surface area contributed by atoms with Crippen LogP contribution in [-0.2, 0) is 0 Å². The highest BCUT2D eigenvalue weighted by atomic mass is 32.1. The van der Waals surface area contributed by atoms with Crippen LogP contribution in [0.4, 0.5) is 5.00 Å². The Kier molecular flexibility index (Phi) is 4.52. The minimum Gasteiger partial charge on any atom is -0.361 e. The van der Waals surface area contributed by atoms with E-state index in [0.29, 0.717) is 0 Å². The number of rotatable bonds is 3. The summed E-state index contributed by atoms with van der Waals surface area (Å²) < 4.78 is 2.67. The summed E-state index contributed by atoms with van der Waals surface area (Å²) in [7, 11) is 0. The molecule has 0 saturated carbocycles. The van der Waals surface area contributed by atoms with Gasteiger partial charge in [-0.15, -0.1) is 22.7 Å². The average Bonchev–Trinajstić information content (AvgIpc) is 3.45. The lowest BCUT2D eigenvalue weighted by atomic mass is 10.0. The molecule has 148 valence electrons. The molecule has 0 bridgehead atoms. The maximum atomic E-state index is 4.83. The van der Waals surface area contributed by atoms with Gasteiger partial charge in [0.25, 0.3) is 0 Å². The van der Waals surface area contributed by atoms with E-state index in [1.807, 2.05) is 28.9 Å². The van der Waals surface area contributed by atoms with Gasteiger partial charge >= 0.3 is 0 Å². The molecule has 1 N–H and O–H groups in total. The van der Waals surface area contributed by atoms with E-state index in [9.17, 15) is 0 Å². The number of hydrogen-bond acceptors (Lipinski definition) is 5. The van der Waals surface area contributed by atoms with E-state index in [1.165, 1.54) is 41.2 Å². The first kappa shape index (κ1) is 18.1. The van der Waals surface area contributed by atoms with Gasteiger partial charge in [-0.25, -0.2) is 0 Å². The van der Waals surface area contributed by atoms with Gasteiger partial charge in [-0.05, 0) is 24.3 Å². The molecule has 5 heteroatoms. The molecule has 2 aromatic carbocycles. The van der Waals surface area contributed by atoms with Gasteiger partial charge in [0.2, 0.25) is 0 Å². The lowest BCUT2D eigenvalue weighted by Gasteiger charge is -2.27. The zero-order valence-electron chi connectivity index (χ0n) is 16.5. The van der Waals surface area contributed by atoms with Gasteiger partial charge in [0.15, 0.2) is 0 Å². The van der Waals surface area contributed by atoms with Gasteiger partial charge in [0.05, 0.1) is 15.6 Å². The number of anilines is 1. The zero-order chi connectivity index (χ0) is 19.9. The summed E-state index contributed by atoms with van der Waals surface area (Å²) in [5.41, 5.74) is 3.49. The number of pyridine rings is 1. The lowest BCUT2D eigenvalue weighted by molar-refractivity contribution is 0.592. The molecule has 30 heavy (non-hydrogen) atoms. The van der Waals surface area contributed by atoms with Gasteiger partial charge < -0.3 is 10.2 Å². The van der Waals surface area contributed by atoms with Crippen LogP contribution in [0.5, 0.6) is 0 Å². The number of hydrogen-bond donors (Lipinski definition) is 1. The number of nitrogens with one attached hydrogen (secondary N) is 1. The molecule has 0 unspecified atom stereocenters. The van der Waals surface area contributed by atoms with Crippen LogP contribution in [0.2, 0.25) is 0 Å². The van der Waals surface area contributed by atoms with Crippen LogP contribution in [0.1, 0.15) is 0 Å². The van der Waals surface area contributed by atoms with E-state index in [1.54, 1.807) is 0 Å². The Morgan fingerprint density at radius 3 is 2.53 bits per heavy atom. The number of piperazine rings is 1. The van der Waals surface area contributed by atoms with E-state index in [0.717, 1.165) is 31.9 Å². The number of nitrogens with zero attached hydrogens (tertiary/aromatic N) is 2. The van der Waals surface area contributed by atoms with Crippen molar-refractivity contribution in [1.29, 1.82) is 0 Å². The second kappa shape index (κ2) is 7.51. The van der Waals surface area contributed by atoms with E-state index < -0.39 is 0 Å². The van der Waals surface area contributed by atoms with Crippen LogP contribution in [0.15, 0.2) is 72.9 Å². The Morgan fingerprint density at radius 2 is 1.67 bits per heavy atom. The number of fused-ring (bicyclic) bond motifs is 3. The van der Waals surface area contributed by atoms with E-state index in [-0.39, 0.29) is 0 Å². The van der Waals surface area contributed by atoms with Crippen molar-refractivity contribution in [2.45, 2.75) is 0 Å². The number of aromatic nitrogens is 1. The molecular formula is C25H21N3S2. The van der Waals surface area contributed by atoms with Gasteiger partial charge in [0, 0.05) is 63.7 Å². The second-order valence-corrected chi connectivity index (χ2v) is 9.70. The fourth-order valence-electron chi connectivity index (χ4n) is 4.19. The van der Waals surface area contributed by atoms with Gasteiger partial charge in [-0.1, -0.05) is 42.5 Å². The maximum absolute atomic E-state index is 4.83. The molecule has 0 spiro atoms. The van der Waals surface area contributed by atoms with Crippen molar-refractivity contribution in [1.82, 2.24) is 10.3 Å². The third-order valence-corrected chi connectivity index (χ3v) is 8.14. The normalized spacial score (nSPS) is 14.6. The predicted octanol–water partition coefficient (Wildman–Crippen LogP) is 6.25. The minimum atomic E-state index is 1.05. The van der Waals surface area contributed by atoms with Crippen molar-refractivity contribution in [2.24, 2.45) is 0 Å². The molecule has 0 aliphatic carbocycles. The summed E-state index contributed by atoms with van der Waals surface area (Å²) >= 11 is 3.70. The van der Waals surface area contributed by atoms with Crippen LogP contribution in [0.25, 0.3) is 41.9 Å². The Balaban J connectivity index is 1.34. The molecule has 0 amide bonds. The highest BCUT2D eigenvalue weighted by Crippen LogP contribution is 2.40. The molecular weight excluding hydrogens is 406 g/mol. The molecule has 4 heterocycles. The molecule has 6 rings (SSSR count). The van der Waals surface area contributed by atoms with Crippen molar-refractivity contribution in [3.8, 4) is 21.7 Å². The van der Waals surface area contributed by atoms with Crippen LogP contribution in [-0.4, -0.2) is 31.2 Å². The third-order valence-electron chi connectivity index (χ3n) is 5.75.